The number of fused-ring (bicyclic) bond motifs is 11. The van der Waals surface area contributed by atoms with E-state index in [2.05, 4.69) is 185 Å². The van der Waals surface area contributed by atoms with E-state index in [-0.39, 0.29) is 45.4 Å². The maximum Gasteiger partial charge on any atom is 0.217 e. The van der Waals surface area contributed by atoms with Gasteiger partial charge < -0.3 is 20.0 Å². The second-order valence-electron chi connectivity index (χ2n) is 26.9. The van der Waals surface area contributed by atoms with Gasteiger partial charge in [-0.3, -0.25) is 9.59 Å². The quantitative estimate of drug-likeness (QED) is 0.0484. The van der Waals surface area contributed by atoms with Crippen LogP contribution in [-0.4, -0.2) is 59.3 Å². The van der Waals surface area contributed by atoms with Crippen molar-refractivity contribution in [2.45, 2.75) is 168 Å². The predicted octanol–water partition coefficient (Wildman–Crippen LogP) is 15.5. The molecule has 12 rings (SSSR count). The van der Waals surface area contributed by atoms with E-state index in [4.69, 9.17) is 0 Å². The average Bonchev–Trinajstić information content (AvgIpc) is 1.82. The van der Waals surface area contributed by atoms with Gasteiger partial charge in [0.1, 0.15) is 14.1 Å². The number of Topliss-reactive ketones (excluding diaryl/α,β-unsaturated/α-hetero) is 2. The summed E-state index contributed by atoms with van der Waals surface area (Å²) in [5, 5.41) is 35.9. The molecule has 0 aromatic heterocycles. The first kappa shape index (κ1) is 56.9. The largest absolute Gasteiger partial charge is 0.871 e. The van der Waals surface area contributed by atoms with Crippen molar-refractivity contribution >= 4 is 78.1 Å². The molecule has 432 valence electrons. The Kier molecular flexibility index (Phi) is 14.3. The fourth-order valence-corrected chi connectivity index (χ4v) is 15.5. The molecule has 0 saturated carbocycles. The Hall–Kier alpha value is -7.58. The lowest BCUT2D eigenvalue weighted by Gasteiger charge is -2.33. The molecule has 0 fully saturated rings. The zero-order valence-electron chi connectivity index (χ0n) is 51.9. The van der Waals surface area contributed by atoms with Crippen LogP contribution < -0.4 is 20.0 Å². The van der Waals surface area contributed by atoms with Crippen LogP contribution in [0.15, 0.2) is 167 Å². The summed E-state index contributed by atoms with van der Waals surface area (Å²) in [7, 11) is 4.09. The first-order valence-corrected chi connectivity index (χ1v) is 31.4. The summed E-state index contributed by atoms with van der Waals surface area (Å²) in [6, 6.07) is 34.7. The molecule has 6 aliphatic rings. The molecule has 0 unspecified atom stereocenters. The van der Waals surface area contributed by atoms with Gasteiger partial charge in [0.2, 0.25) is 11.4 Å². The molecule has 6 aromatic rings. The maximum absolute atomic E-state index is 14.5. The van der Waals surface area contributed by atoms with E-state index < -0.39 is 21.7 Å². The van der Waals surface area contributed by atoms with Crippen LogP contribution in [0.5, 0.6) is 0 Å². The number of unbranched alkanes of at least 4 members (excludes halogenated alkanes) is 10. The SMILES string of the molecule is CCCCCCCCN1/C(=C\C2=C([O-])C(=C/C3=[N+](C)c4c(ccc5c6c(ccc45)C(C)(C)C(/C=C4/C(=O)C(/C=C5\N(CCCCCCCC)c7ccc8ccccc8c7C5(C)C)=C4[O-])=[N+]6C)C3(C)C)/C2=O)C(C)(C)c2c1ccc1ccccc21. The lowest BCUT2D eigenvalue weighted by atomic mass is 9.76. The summed E-state index contributed by atoms with van der Waals surface area (Å²) >= 11 is 0. The predicted molar refractivity (Wildman–Crippen MR) is 343 cm³/mol. The molecule has 6 aromatic carbocycles. The molecule has 4 aliphatic heterocycles. The number of benzene rings is 6. The Balaban J connectivity index is 0.867. The van der Waals surface area contributed by atoms with E-state index in [0.717, 1.165) is 106 Å². The van der Waals surface area contributed by atoms with Crippen LogP contribution in [0.4, 0.5) is 22.7 Å². The Bertz CT molecular complexity index is 3820. The number of allylic oxidation sites excluding steroid dienone is 10. The minimum Gasteiger partial charge on any atom is -0.871 e. The van der Waals surface area contributed by atoms with E-state index in [1.807, 2.05) is 38.4 Å². The summed E-state index contributed by atoms with van der Waals surface area (Å²) in [5.74, 6) is -0.845. The van der Waals surface area contributed by atoms with Crippen molar-refractivity contribution in [3.05, 3.63) is 189 Å². The number of rotatable bonds is 18. The van der Waals surface area contributed by atoms with Crippen molar-refractivity contribution in [2.75, 3.05) is 37.0 Å². The normalized spacial score (nSPS) is 21.0. The minimum atomic E-state index is -0.528. The van der Waals surface area contributed by atoms with Crippen LogP contribution in [-0.2, 0) is 31.2 Å². The number of nitrogens with zero attached hydrogens (tertiary/aromatic N) is 4. The van der Waals surface area contributed by atoms with Gasteiger partial charge in [0.15, 0.2) is 23.0 Å². The third kappa shape index (κ3) is 8.73. The lowest BCUT2D eigenvalue weighted by molar-refractivity contribution is -0.401. The first-order valence-electron chi connectivity index (χ1n) is 31.4. The van der Waals surface area contributed by atoms with Gasteiger partial charge in [0, 0.05) is 92.3 Å². The van der Waals surface area contributed by atoms with Crippen LogP contribution in [0.25, 0.3) is 32.3 Å². The molecule has 0 atom stereocenters. The van der Waals surface area contributed by atoms with Gasteiger partial charge in [-0.05, 0) is 110 Å². The Labute approximate surface area is 498 Å². The second kappa shape index (κ2) is 21.2. The summed E-state index contributed by atoms with van der Waals surface area (Å²) in [5.41, 5.74) is 11.9. The molecule has 8 nitrogen and oxygen atoms in total. The summed E-state index contributed by atoms with van der Waals surface area (Å²) < 4.78 is 4.34. The van der Waals surface area contributed by atoms with Crippen LogP contribution >= 0.6 is 0 Å². The van der Waals surface area contributed by atoms with Gasteiger partial charge in [0.25, 0.3) is 0 Å². The van der Waals surface area contributed by atoms with E-state index in [9.17, 15) is 19.8 Å². The van der Waals surface area contributed by atoms with E-state index in [1.165, 1.54) is 84.0 Å². The molecule has 0 bridgehead atoms. The van der Waals surface area contributed by atoms with Gasteiger partial charge >= 0.3 is 0 Å². The van der Waals surface area contributed by atoms with E-state index >= 15 is 0 Å². The van der Waals surface area contributed by atoms with Crippen LogP contribution in [0.1, 0.15) is 169 Å². The molecule has 0 N–H and O–H groups in total. The third-order valence-electron chi connectivity index (χ3n) is 20.2. The molecule has 0 spiro atoms. The molecule has 0 radical (unpaired) electrons. The van der Waals surface area contributed by atoms with Crippen molar-refractivity contribution in [3.63, 3.8) is 0 Å². The van der Waals surface area contributed by atoms with Gasteiger partial charge in [-0.15, -0.1) is 0 Å². The van der Waals surface area contributed by atoms with Crippen LogP contribution in [0.2, 0.25) is 0 Å². The minimum absolute atomic E-state index is 0.211. The molecule has 2 aliphatic carbocycles. The highest BCUT2D eigenvalue weighted by atomic mass is 16.3. The maximum atomic E-state index is 14.5. The molecule has 84 heavy (non-hydrogen) atoms. The molecule has 4 heterocycles. The number of hydrogen-bond acceptors (Lipinski definition) is 6. The monoisotopic (exact) mass is 1120 g/mol. The van der Waals surface area contributed by atoms with E-state index in [1.54, 1.807) is 0 Å². The Morgan fingerprint density at radius 3 is 1.18 bits per heavy atom. The third-order valence-corrected chi connectivity index (χ3v) is 20.2. The van der Waals surface area contributed by atoms with Crippen molar-refractivity contribution in [2.24, 2.45) is 0 Å². The van der Waals surface area contributed by atoms with Gasteiger partial charge in [-0.2, -0.15) is 9.15 Å². The zero-order valence-corrected chi connectivity index (χ0v) is 51.9. The molecule has 8 heteroatoms. The topological polar surface area (TPSA) is 92.8 Å². The number of anilines is 2. The lowest BCUT2D eigenvalue weighted by Crippen LogP contribution is -2.35. The smallest absolute Gasteiger partial charge is 0.217 e. The second-order valence-corrected chi connectivity index (χ2v) is 26.9. The molecule has 0 amide bonds. The number of hydrogen-bond donors (Lipinski definition) is 0. The highest BCUT2D eigenvalue weighted by Gasteiger charge is 2.50. The summed E-state index contributed by atoms with van der Waals surface area (Å²) in [6.45, 7) is 23.8. The van der Waals surface area contributed by atoms with Gasteiger partial charge in [0.05, 0.1) is 21.6 Å². The highest BCUT2D eigenvalue weighted by molar-refractivity contribution is 6.25. The van der Waals surface area contributed by atoms with Crippen LogP contribution in [0, 0.1) is 0 Å². The van der Waals surface area contributed by atoms with Crippen molar-refractivity contribution in [1.29, 1.82) is 0 Å². The van der Waals surface area contributed by atoms with Gasteiger partial charge in [-0.25, -0.2) is 0 Å². The van der Waals surface area contributed by atoms with Crippen molar-refractivity contribution < 1.29 is 29.0 Å². The summed E-state index contributed by atoms with van der Waals surface area (Å²) in [4.78, 5) is 33.8. The van der Waals surface area contributed by atoms with Crippen molar-refractivity contribution in [1.82, 2.24) is 0 Å². The average molecular weight is 1120 g/mol. The van der Waals surface area contributed by atoms with Crippen molar-refractivity contribution in [3.8, 4) is 0 Å². The van der Waals surface area contributed by atoms with E-state index in [0.29, 0.717) is 0 Å². The summed E-state index contributed by atoms with van der Waals surface area (Å²) in [6.07, 6.45) is 21.7. The molecular weight excluding hydrogens is 1030 g/mol. The molecular formula is C76H84N4O4. The Morgan fingerprint density at radius 2 is 0.798 bits per heavy atom. The number of ketones is 2. The zero-order chi connectivity index (χ0) is 59.4. The number of carbonyl (C=O) groups excluding carboxylic acids is 2. The van der Waals surface area contributed by atoms with Crippen LogP contribution in [0.3, 0.4) is 0 Å². The molecule has 0 saturated heterocycles. The first-order chi connectivity index (χ1) is 40.2. The fraction of sp³-hybridized carbons (Fsp3) is 0.395. The standard InChI is InChI=1S/C76H84N4O4/c1-13-15-17-19-21-27-41-79-59-39-33-47-29-23-25-31-49(47)65(59)75(7,8)63(79)45-55-69(81)53(70(55)82)43-61-73(3,4)57-37-35-52-51(67(57)77(61)11)36-38-58-68(52)78(12)62(74(58,5)6)44-54-71(83)56(72(54)84)46-64-76(9,10)66-50-32-26-24-30-48(50)34-40-60(66)80(64)42-28-22-20-18-16-14-2/h23-26,29-40,43-46H,13-22,27-28,41-42H2,1-12H3. The number of carbonyl (C=O) groups is 2. The highest BCUT2D eigenvalue weighted by Crippen LogP contribution is 2.55. The Morgan fingerprint density at radius 1 is 0.429 bits per heavy atom. The fourth-order valence-electron chi connectivity index (χ4n) is 15.5. The van der Waals surface area contributed by atoms with Gasteiger partial charge in [-0.1, -0.05) is 190 Å².